The van der Waals surface area contributed by atoms with E-state index < -0.39 is 0 Å². The number of hydrogen-bond donors (Lipinski definition) is 2. The Bertz CT molecular complexity index is 922. The van der Waals surface area contributed by atoms with Crippen LogP contribution in [0.3, 0.4) is 0 Å². The molecule has 4 rings (SSSR count). The van der Waals surface area contributed by atoms with Crippen LogP contribution >= 0.6 is 23.4 Å². The van der Waals surface area contributed by atoms with Gasteiger partial charge in [0.15, 0.2) is 0 Å². The number of amides is 1. The quantitative estimate of drug-likeness (QED) is 0.710. The van der Waals surface area contributed by atoms with Crippen LogP contribution in [0.25, 0.3) is 0 Å². The van der Waals surface area contributed by atoms with E-state index in [-0.39, 0.29) is 11.3 Å². The molecule has 6 heteroatoms. The summed E-state index contributed by atoms with van der Waals surface area (Å²) >= 11 is 8.15. The number of fused-ring (bicyclic) bond motifs is 1. The van der Waals surface area contributed by atoms with Crippen LogP contribution in [-0.4, -0.2) is 23.2 Å². The van der Waals surface area contributed by atoms with Gasteiger partial charge in [0.25, 0.3) is 0 Å². The topological polar surface area (TPSA) is 53.5 Å². The van der Waals surface area contributed by atoms with Crippen LogP contribution in [0, 0.1) is 5.41 Å². The highest BCUT2D eigenvalue weighted by molar-refractivity contribution is 7.99. The second-order valence-electron chi connectivity index (χ2n) is 7.54. The number of nitrogens with zero attached hydrogens (tertiary/aromatic N) is 1. The lowest BCUT2D eigenvalue weighted by molar-refractivity contribution is -0.114. The Kier molecular flexibility index (Phi) is 5.65. The molecular formula is C22H24ClN3OS. The number of benzene rings is 2. The molecule has 0 unspecified atom stereocenters. The maximum Gasteiger partial charge on any atom is 0.221 e. The third kappa shape index (κ3) is 4.20. The van der Waals surface area contributed by atoms with E-state index in [0.29, 0.717) is 6.54 Å². The van der Waals surface area contributed by atoms with Gasteiger partial charge in [-0.05, 0) is 72.2 Å². The minimum absolute atomic E-state index is 0.0451. The molecule has 1 spiro atoms. The molecule has 2 aliphatic rings. The predicted octanol–water partition coefficient (Wildman–Crippen LogP) is 5.38. The van der Waals surface area contributed by atoms with Gasteiger partial charge in [-0.25, -0.2) is 0 Å². The molecule has 1 amide bonds. The molecule has 0 radical (unpaired) electrons. The molecule has 2 aromatic carbocycles. The number of aliphatic imine (C=N–C) groups is 1. The molecule has 0 atom stereocenters. The monoisotopic (exact) mass is 413 g/mol. The number of amidine groups is 1. The second kappa shape index (κ2) is 8.18. The molecule has 0 saturated carbocycles. The zero-order valence-corrected chi connectivity index (χ0v) is 17.5. The van der Waals surface area contributed by atoms with Gasteiger partial charge < -0.3 is 10.6 Å². The zero-order valence-electron chi connectivity index (χ0n) is 15.9. The van der Waals surface area contributed by atoms with Gasteiger partial charge in [0.05, 0.1) is 6.54 Å². The van der Waals surface area contributed by atoms with E-state index in [9.17, 15) is 4.79 Å². The van der Waals surface area contributed by atoms with Crippen molar-refractivity contribution in [2.24, 2.45) is 10.4 Å². The van der Waals surface area contributed by atoms with Crippen LogP contribution in [0.5, 0.6) is 0 Å². The number of rotatable bonds is 3. The van der Waals surface area contributed by atoms with E-state index in [1.165, 1.54) is 12.5 Å². The summed E-state index contributed by atoms with van der Waals surface area (Å²) in [5.74, 6) is 3.35. The first kappa shape index (κ1) is 19.3. The van der Waals surface area contributed by atoms with Crippen LogP contribution in [0.1, 0.15) is 30.9 Å². The fourth-order valence-electron chi connectivity index (χ4n) is 4.04. The van der Waals surface area contributed by atoms with Crippen molar-refractivity contribution in [1.29, 1.82) is 0 Å². The number of nitrogens with one attached hydrogen (secondary N) is 2. The number of carbonyl (C=O) groups is 1. The first-order chi connectivity index (χ1) is 13.5. The van der Waals surface area contributed by atoms with Crippen molar-refractivity contribution in [2.75, 3.05) is 22.1 Å². The minimum Gasteiger partial charge on any atom is -0.343 e. The summed E-state index contributed by atoms with van der Waals surface area (Å²) in [6.07, 6.45) is 3.18. The molecule has 2 N–H and O–H groups in total. The van der Waals surface area contributed by atoms with Crippen LogP contribution < -0.4 is 10.6 Å². The fraction of sp³-hybridized carbons (Fsp3) is 0.364. The standard InChI is InChI=1S/C22H24ClN3OS/c1-15(27)25-19-5-6-20-17(12-19)13-22(7-9-28-10-8-22)21(26-20)24-14-16-3-2-4-18(23)11-16/h2-6,11-12H,7-10,13-14H2,1H3,(H,24,26)(H,25,27). The molecule has 4 nitrogen and oxygen atoms in total. The Labute approximate surface area is 175 Å². The van der Waals surface area contributed by atoms with Gasteiger partial charge in [-0.1, -0.05) is 23.7 Å². The highest BCUT2D eigenvalue weighted by atomic mass is 35.5. The van der Waals surface area contributed by atoms with Crippen LogP contribution in [0.15, 0.2) is 47.5 Å². The first-order valence-electron chi connectivity index (χ1n) is 9.59. The smallest absolute Gasteiger partial charge is 0.221 e. The molecule has 1 fully saturated rings. The Morgan fingerprint density at radius 2 is 2.07 bits per heavy atom. The SMILES string of the molecule is CC(=O)Nc1ccc2c(c1)CC1(CCSCC1)C(=NCc1cccc(Cl)c1)N2. The van der Waals surface area contributed by atoms with Crippen LogP contribution in [0.4, 0.5) is 11.4 Å². The third-order valence-electron chi connectivity index (χ3n) is 5.47. The number of anilines is 2. The molecule has 146 valence electrons. The Balaban J connectivity index is 1.65. The van der Waals surface area contributed by atoms with Gasteiger partial charge in [0, 0.05) is 28.7 Å². The Morgan fingerprint density at radius 3 is 2.82 bits per heavy atom. The summed E-state index contributed by atoms with van der Waals surface area (Å²) in [5, 5.41) is 7.26. The largest absolute Gasteiger partial charge is 0.343 e. The van der Waals surface area contributed by atoms with Gasteiger partial charge in [-0.3, -0.25) is 9.79 Å². The normalized spacial score (nSPS) is 19.1. The molecule has 1 saturated heterocycles. The van der Waals surface area contributed by atoms with E-state index in [2.05, 4.69) is 22.8 Å². The van der Waals surface area contributed by atoms with Crippen molar-refractivity contribution in [1.82, 2.24) is 0 Å². The number of carbonyl (C=O) groups excluding carboxylic acids is 1. The lowest BCUT2D eigenvalue weighted by Gasteiger charge is -2.42. The Hall–Kier alpha value is -1.98. The lowest BCUT2D eigenvalue weighted by Crippen LogP contribution is -2.44. The first-order valence-corrected chi connectivity index (χ1v) is 11.1. The van der Waals surface area contributed by atoms with Gasteiger partial charge in [0.1, 0.15) is 5.84 Å². The van der Waals surface area contributed by atoms with E-state index in [1.54, 1.807) is 0 Å². The summed E-state index contributed by atoms with van der Waals surface area (Å²) in [5.41, 5.74) is 4.36. The number of halogens is 1. The van der Waals surface area contributed by atoms with Crippen molar-refractivity contribution < 1.29 is 4.79 Å². The lowest BCUT2D eigenvalue weighted by atomic mass is 9.72. The molecule has 0 aromatic heterocycles. The zero-order chi connectivity index (χ0) is 19.6. The van der Waals surface area contributed by atoms with Crippen molar-refractivity contribution in [3.8, 4) is 0 Å². The van der Waals surface area contributed by atoms with Crippen molar-refractivity contribution in [3.05, 3.63) is 58.6 Å². The molecule has 0 aliphatic carbocycles. The highest BCUT2D eigenvalue weighted by Crippen LogP contribution is 2.44. The van der Waals surface area contributed by atoms with E-state index >= 15 is 0 Å². The van der Waals surface area contributed by atoms with E-state index in [0.717, 1.165) is 58.6 Å². The maximum absolute atomic E-state index is 11.4. The summed E-state index contributed by atoms with van der Waals surface area (Å²) in [4.78, 5) is 16.4. The van der Waals surface area contributed by atoms with Crippen molar-refractivity contribution in [3.63, 3.8) is 0 Å². The molecule has 2 heterocycles. The predicted molar refractivity (Wildman–Crippen MR) is 120 cm³/mol. The van der Waals surface area contributed by atoms with Crippen molar-refractivity contribution >= 4 is 46.5 Å². The van der Waals surface area contributed by atoms with Gasteiger partial charge >= 0.3 is 0 Å². The molecular weight excluding hydrogens is 390 g/mol. The van der Waals surface area contributed by atoms with Gasteiger partial charge in [-0.15, -0.1) is 0 Å². The third-order valence-corrected chi connectivity index (χ3v) is 6.69. The Morgan fingerprint density at radius 1 is 1.25 bits per heavy atom. The summed E-state index contributed by atoms with van der Waals surface area (Å²) < 4.78 is 0. The summed E-state index contributed by atoms with van der Waals surface area (Å²) in [7, 11) is 0. The average Bonchev–Trinajstić information content (AvgIpc) is 2.67. The van der Waals surface area contributed by atoms with Gasteiger partial charge in [-0.2, -0.15) is 11.8 Å². The highest BCUT2D eigenvalue weighted by Gasteiger charge is 2.41. The molecule has 28 heavy (non-hydrogen) atoms. The van der Waals surface area contributed by atoms with Gasteiger partial charge in [0.2, 0.25) is 5.91 Å². The molecule has 0 bridgehead atoms. The number of hydrogen-bond acceptors (Lipinski definition) is 3. The summed E-state index contributed by atoms with van der Waals surface area (Å²) in [6.45, 7) is 2.16. The van der Waals surface area contributed by atoms with E-state index in [4.69, 9.17) is 16.6 Å². The average molecular weight is 414 g/mol. The fourth-order valence-corrected chi connectivity index (χ4v) is 5.53. The molecule has 2 aromatic rings. The van der Waals surface area contributed by atoms with Crippen LogP contribution in [0.2, 0.25) is 5.02 Å². The minimum atomic E-state index is -0.0451. The van der Waals surface area contributed by atoms with Crippen molar-refractivity contribution in [2.45, 2.75) is 32.7 Å². The van der Waals surface area contributed by atoms with E-state index in [1.807, 2.05) is 42.1 Å². The second-order valence-corrected chi connectivity index (χ2v) is 9.20. The maximum atomic E-state index is 11.4. The summed E-state index contributed by atoms with van der Waals surface area (Å²) in [6, 6.07) is 14.0. The molecule has 2 aliphatic heterocycles. The van der Waals surface area contributed by atoms with Crippen LogP contribution in [-0.2, 0) is 17.8 Å². The number of thioether (sulfide) groups is 1.